The van der Waals surface area contributed by atoms with Crippen LogP contribution in [0.5, 0.6) is 0 Å². The zero-order valence-corrected chi connectivity index (χ0v) is 16.9. The first-order valence-corrected chi connectivity index (χ1v) is 10.1. The van der Waals surface area contributed by atoms with Crippen molar-refractivity contribution in [3.05, 3.63) is 34.2 Å². The molecule has 2 rings (SSSR count). The third kappa shape index (κ3) is 6.15. The van der Waals surface area contributed by atoms with Crippen molar-refractivity contribution in [1.82, 2.24) is 15.4 Å². The van der Waals surface area contributed by atoms with Gasteiger partial charge in [-0.15, -0.1) is 23.1 Å². The minimum atomic E-state index is -0.375. The van der Waals surface area contributed by atoms with Gasteiger partial charge in [0.25, 0.3) is 0 Å². The van der Waals surface area contributed by atoms with Gasteiger partial charge in [0.15, 0.2) is 5.82 Å². The van der Waals surface area contributed by atoms with E-state index >= 15 is 0 Å². The van der Waals surface area contributed by atoms with Crippen LogP contribution in [0.15, 0.2) is 28.1 Å². The first-order chi connectivity index (χ1) is 12.4. The van der Waals surface area contributed by atoms with Crippen LogP contribution in [0.3, 0.4) is 0 Å². The van der Waals surface area contributed by atoms with E-state index in [4.69, 9.17) is 4.52 Å². The number of carbonyl (C=O) groups is 2. The molecule has 142 valence electrons. The molecule has 0 saturated heterocycles. The van der Waals surface area contributed by atoms with Gasteiger partial charge in [0.05, 0.1) is 17.0 Å². The van der Waals surface area contributed by atoms with Gasteiger partial charge in [-0.3, -0.25) is 9.59 Å². The summed E-state index contributed by atoms with van der Waals surface area (Å²) in [7, 11) is 3.98. The fraction of sp³-hybridized carbons (Fsp3) is 0.471. The summed E-state index contributed by atoms with van der Waals surface area (Å²) in [5.74, 6) is 0.934. The number of likely N-dealkylation sites (N-methyl/N-ethyl adjacent to an activating group) is 1. The summed E-state index contributed by atoms with van der Waals surface area (Å²) >= 11 is 2.95. The lowest BCUT2D eigenvalue weighted by Gasteiger charge is -2.23. The van der Waals surface area contributed by atoms with Crippen molar-refractivity contribution < 1.29 is 14.1 Å². The molecule has 2 N–H and O–H groups in total. The number of anilines is 1. The number of nitrogens with one attached hydrogen (secondary N) is 2. The Kier molecular flexibility index (Phi) is 7.67. The molecule has 0 saturated carbocycles. The van der Waals surface area contributed by atoms with Crippen LogP contribution in [0.1, 0.15) is 23.6 Å². The molecule has 7 nitrogen and oxygen atoms in total. The fourth-order valence-corrected chi connectivity index (χ4v) is 3.85. The standard InChI is InChI=1S/C17H24N4O3S2/c1-11-8-15(20-24-11)19-17(23)12(2)26-10-16(22)18-9-13(21(3)4)14-6-5-7-25-14/h5-8,12-13H,9-10H2,1-4H3,(H,18,22)(H,19,20,23). The maximum atomic E-state index is 12.1. The highest BCUT2D eigenvalue weighted by atomic mass is 32.2. The molecule has 0 aliphatic heterocycles. The second-order valence-corrected chi connectivity index (χ2v) is 8.37. The second-order valence-electron chi connectivity index (χ2n) is 6.06. The Morgan fingerprint density at radius 3 is 2.77 bits per heavy atom. The highest BCUT2D eigenvalue weighted by Gasteiger charge is 2.19. The number of hydrogen-bond donors (Lipinski definition) is 2. The Morgan fingerprint density at radius 1 is 1.42 bits per heavy atom. The van der Waals surface area contributed by atoms with Crippen molar-refractivity contribution >= 4 is 40.7 Å². The molecule has 0 aliphatic carbocycles. The topological polar surface area (TPSA) is 87.5 Å². The molecule has 0 radical (unpaired) electrons. The molecule has 0 aromatic carbocycles. The van der Waals surface area contributed by atoms with Crippen molar-refractivity contribution in [3.63, 3.8) is 0 Å². The van der Waals surface area contributed by atoms with E-state index in [2.05, 4.69) is 26.8 Å². The first kappa shape index (κ1) is 20.5. The van der Waals surface area contributed by atoms with Gasteiger partial charge in [0, 0.05) is 17.5 Å². The van der Waals surface area contributed by atoms with Crippen LogP contribution in [-0.4, -0.2) is 53.5 Å². The summed E-state index contributed by atoms with van der Waals surface area (Å²) in [5.41, 5.74) is 0. The monoisotopic (exact) mass is 396 g/mol. The van der Waals surface area contributed by atoms with Gasteiger partial charge in [0.1, 0.15) is 5.76 Å². The Labute approximate surface area is 161 Å². The van der Waals surface area contributed by atoms with Crippen LogP contribution in [0.4, 0.5) is 5.82 Å². The molecule has 2 heterocycles. The van der Waals surface area contributed by atoms with Crippen molar-refractivity contribution in [2.75, 3.05) is 31.7 Å². The number of thioether (sulfide) groups is 1. The predicted molar refractivity (Wildman–Crippen MR) is 106 cm³/mol. The molecule has 0 fully saturated rings. The smallest absolute Gasteiger partial charge is 0.238 e. The molecule has 2 aromatic rings. The zero-order chi connectivity index (χ0) is 19.1. The summed E-state index contributed by atoms with van der Waals surface area (Å²) in [6.45, 7) is 4.04. The van der Waals surface area contributed by atoms with Crippen molar-refractivity contribution in [3.8, 4) is 0 Å². The van der Waals surface area contributed by atoms with Gasteiger partial charge < -0.3 is 20.1 Å². The Bertz CT molecular complexity index is 715. The molecule has 26 heavy (non-hydrogen) atoms. The highest BCUT2D eigenvalue weighted by molar-refractivity contribution is 8.01. The molecular formula is C17H24N4O3S2. The average Bonchev–Trinajstić information content (AvgIpc) is 3.24. The molecule has 2 aromatic heterocycles. The van der Waals surface area contributed by atoms with Crippen LogP contribution in [-0.2, 0) is 9.59 Å². The fourth-order valence-electron chi connectivity index (χ4n) is 2.21. The van der Waals surface area contributed by atoms with E-state index in [1.54, 1.807) is 31.3 Å². The minimum absolute atomic E-state index is 0.0877. The summed E-state index contributed by atoms with van der Waals surface area (Å²) in [5, 5.41) is 11.0. The van der Waals surface area contributed by atoms with Crippen molar-refractivity contribution in [1.29, 1.82) is 0 Å². The predicted octanol–water partition coefficient (Wildman–Crippen LogP) is 2.52. The Morgan fingerprint density at radius 2 is 2.19 bits per heavy atom. The number of hydrogen-bond acceptors (Lipinski definition) is 7. The number of thiophene rings is 1. The maximum absolute atomic E-state index is 12.1. The van der Waals surface area contributed by atoms with Gasteiger partial charge in [-0.25, -0.2) is 0 Å². The minimum Gasteiger partial charge on any atom is -0.360 e. The summed E-state index contributed by atoms with van der Waals surface area (Å²) in [4.78, 5) is 27.5. The third-order valence-electron chi connectivity index (χ3n) is 3.70. The van der Waals surface area contributed by atoms with Crippen LogP contribution in [0.25, 0.3) is 0 Å². The summed E-state index contributed by atoms with van der Waals surface area (Å²) < 4.78 is 4.91. The molecular weight excluding hydrogens is 372 g/mol. The summed E-state index contributed by atoms with van der Waals surface area (Å²) in [6.07, 6.45) is 0. The largest absolute Gasteiger partial charge is 0.360 e. The first-order valence-electron chi connectivity index (χ1n) is 8.19. The van der Waals surface area contributed by atoms with Gasteiger partial charge in [-0.05, 0) is 39.4 Å². The van der Waals surface area contributed by atoms with Gasteiger partial charge in [0.2, 0.25) is 11.8 Å². The van der Waals surface area contributed by atoms with Crippen LogP contribution >= 0.6 is 23.1 Å². The van der Waals surface area contributed by atoms with E-state index in [1.807, 2.05) is 25.5 Å². The van der Waals surface area contributed by atoms with Crippen LogP contribution < -0.4 is 10.6 Å². The molecule has 0 aliphatic rings. The van der Waals surface area contributed by atoms with Gasteiger partial charge >= 0.3 is 0 Å². The van der Waals surface area contributed by atoms with E-state index in [1.165, 1.54) is 16.6 Å². The van der Waals surface area contributed by atoms with E-state index in [0.717, 1.165) is 0 Å². The quantitative estimate of drug-likeness (QED) is 0.677. The van der Waals surface area contributed by atoms with Crippen molar-refractivity contribution in [2.24, 2.45) is 0 Å². The van der Waals surface area contributed by atoms with Gasteiger partial charge in [-0.2, -0.15) is 0 Å². The van der Waals surface area contributed by atoms with E-state index in [9.17, 15) is 9.59 Å². The highest BCUT2D eigenvalue weighted by Crippen LogP contribution is 2.22. The van der Waals surface area contributed by atoms with Crippen LogP contribution in [0.2, 0.25) is 0 Å². The number of nitrogens with zero attached hydrogens (tertiary/aromatic N) is 2. The molecule has 0 bridgehead atoms. The molecule has 2 unspecified atom stereocenters. The number of amides is 2. The number of aromatic nitrogens is 1. The molecule has 2 atom stereocenters. The molecule has 2 amide bonds. The van der Waals surface area contributed by atoms with E-state index in [-0.39, 0.29) is 28.9 Å². The third-order valence-corrected chi connectivity index (χ3v) is 5.82. The summed E-state index contributed by atoms with van der Waals surface area (Å²) in [6, 6.07) is 5.85. The lowest BCUT2D eigenvalue weighted by atomic mass is 10.2. The maximum Gasteiger partial charge on any atom is 0.238 e. The normalized spacial score (nSPS) is 13.4. The SMILES string of the molecule is Cc1cc(NC(=O)C(C)SCC(=O)NCC(c2cccs2)N(C)C)no1. The number of aryl methyl sites for hydroxylation is 1. The Balaban J connectivity index is 1.74. The van der Waals surface area contributed by atoms with E-state index in [0.29, 0.717) is 18.1 Å². The van der Waals surface area contributed by atoms with Crippen LogP contribution in [0, 0.1) is 6.92 Å². The van der Waals surface area contributed by atoms with E-state index < -0.39 is 0 Å². The zero-order valence-electron chi connectivity index (χ0n) is 15.3. The average molecular weight is 397 g/mol. The molecule has 0 spiro atoms. The Hall–Kier alpha value is -1.84. The number of carbonyl (C=O) groups excluding carboxylic acids is 2. The lowest BCUT2D eigenvalue weighted by Crippen LogP contribution is -2.35. The van der Waals surface area contributed by atoms with Crippen molar-refractivity contribution in [2.45, 2.75) is 25.1 Å². The van der Waals surface area contributed by atoms with Gasteiger partial charge in [-0.1, -0.05) is 11.2 Å². The molecule has 9 heteroatoms. The lowest BCUT2D eigenvalue weighted by molar-refractivity contribution is -0.118. The second kappa shape index (κ2) is 9.75. The number of rotatable bonds is 9.